The molecule has 2 aliphatic heterocycles. The van der Waals surface area contributed by atoms with E-state index in [2.05, 4.69) is 13.8 Å². The van der Waals surface area contributed by atoms with Gasteiger partial charge in [-0.2, -0.15) is 0 Å². The van der Waals surface area contributed by atoms with Gasteiger partial charge in [0.1, 0.15) is 18.8 Å². The summed E-state index contributed by atoms with van der Waals surface area (Å²) in [7, 11) is 1.62. The van der Waals surface area contributed by atoms with Crippen molar-refractivity contribution in [1.29, 1.82) is 0 Å². The fourth-order valence-electron chi connectivity index (χ4n) is 10.4. The average molecular weight is 577 g/mol. The quantitative estimate of drug-likeness (QED) is 0.373. The number of esters is 2. The largest absolute Gasteiger partial charge is 0.462 e. The Balaban J connectivity index is 1.19. The van der Waals surface area contributed by atoms with E-state index in [1.165, 1.54) is 6.92 Å². The van der Waals surface area contributed by atoms with Crippen molar-refractivity contribution in [1.82, 2.24) is 0 Å². The lowest BCUT2D eigenvalue weighted by atomic mass is 9.43. The van der Waals surface area contributed by atoms with Crippen LogP contribution in [0.3, 0.4) is 0 Å². The fraction of sp³-hybridized carbons (Fsp3) is 0.875. The highest BCUT2D eigenvalue weighted by Crippen LogP contribution is 2.70. The van der Waals surface area contributed by atoms with Crippen molar-refractivity contribution in [2.45, 2.75) is 128 Å². The van der Waals surface area contributed by atoms with E-state index in [1.54, 1.807) is 13.2 Å². The first-order valence-electron chi connectivity index (χ1n) is 15.7. The first-order valence-corrected chi connectivity index (χ1v) is 15.7. The van der Waals surface area contributed by atoms with Crippen molar-refractivity contribution in [3.05, 3.63) is 11.6 Å². The summed E-state index contributed by atoms with van der Waals surface area (Å²) in [5, 5.41) is 23.0. The summed E-state index contributed by atoms with van der Waals surface area (Å²) >= 11 is 0. The molecule has 0 bridgehead atoms. The van der Waals surface area contributed by atoms with Crippen molar-refractivity contribution >= 4 is 11.9 Å². The van der Waals surface area contributed by atoms with E-state index in [9.17, 15) is 19.8 Å². The van der Waals surface area contributed by atoms with Gasteiger partial charge in [-0.15, -0.1) is 0 Å². The summed E-state index contributed by atoms with van der Waals surface area (Å²) in [6.45, 7) is 8.06. The van der Waals surface area contributed by atoms with Gasteiger partial charge in [-0.1, -0.05) is 13.8 Å². The third-order valence-electron chi connectivity index (χ3n) is 12.5. The van der Waals surface area contributed by atoms with Crippen LogP contribution in [0.25, 0.3) is 0 Å². The minimum absolute atomic E-state index is 0.0898. The molecule has 0 aromatic heterocycles. The molecule has 0 amide bonds. The molecular formula is C32H48O9. The van der Waals surface area contributed by atoms with Crippen LogP contribution in [-0.4, -0.2) is 78.3 Å². The maximum absolute atomic E-state index is 12.7. The molecule has 4 saturated carbocycles. The number of rotatable bonds is 5. The molecule has 5 fully saturated rings. The lowest BCUT2D eigenvalue weighted by molar-refractivity contribution is -0.273. The summed E-state index contributed by atoms with van der Waals surface area (Å²) in [5.74, 6) is 0.0175. The summed E-state index contributed by atoms with van der Waals surface area (Å²) < 4.78 is 29.1. The van der Waals surface area contributed by atoms with E-state index in [0.29, 0.717) is 24.7 Å². The molecule has 0 radical (unpaired) electrons. The average Bonchev–Trinajstić information content (AvgIpc) is 3.42. The normalized spacial score (nSPS) is 51.2. The van der Waals surface area contributed by atoms with Gasteiger partial charge < -0.3 is 33.9 Å². The Bertz CT molecular complexity index is 1080. The van der Waals surface area contributed by atoms with Gasteiger partial charge in [-0.05, 0) is 80.6 Å². The number of carbonyl (C=O) groups is 2. The van der Waals surface area contributed by atoms with Crippen molar-refractivity contribution < 1.29 is 43.5 Å². The summed E-state index contributed by atoms with van der Waals surface area (Å²) in [5.41, 5.74) is -0.559. The van der Waals surface area contributed by atoms with Gasteiger partial charge in [0.2, 0.25) is 0 Å². The molecule has 0 aromatic rings. The van der Waals surface area contributed by atoms with Crippen molar-refractivity contribution in [3.8, 4) is 0 Å². The Labute approximate surface area is 243 Å². The zero-order valence-corrected chi connectivity index (χ0v) is 25.2. The van der Waals surface area contributed by atoms with Crippen LogP contribution in [0.2, 0.25) is 0 Å². The second-order valence-electron chi connectivity index (χ2n) is 14.3. The Morgan fingerprint density at radius 3 is 2.54 bits per heavy atom. The second kappa shape index (κ2) is 10.6. The molecule has 6 aliphatic rings. The van der Waals surface area contributed by atoms with E-state index < -0.39 is 23.2 Å². The number of aliphatic hydroxyl groups excluding tert-OH is 1. The highest BCUT2D eigenvalue weighted by Gasteiger charge is 2.71. The molecule has 4 aliphatic carbocycles. The fourth-order valence-corrected chi connectivity index (χ4v) is 10.4. The van der Waals surface area contributed by atoms with Crippen molar-refractivity contribution in [3.63, 3.8) is 0 Å². The van der Waals surface area contributed by atoms with Crippen LogP contribution in [0, 0.1) is 34.5 Å². The van der Waals surface area contributed by atoms with E-state index in [4.69, 9.17) is 23.7 Å². The van der Waals surface area contributed by atoms with E-state index in [0.717, 1.165) is 50.5 Å². The van der Waals surface area contributed by atoms with Crippen LogP contribution >= 0.6 is 0 Å². The standard InChI is InChI=1S/C32H48O9/c1-17-29(35)24(37-5)14-27(39-17)41-21-8-10-30(3)20(13-21)6-7-23-22(30)9-11-31(4)28(19-12-26(34)38-16-19)25(40-18(2)33)15-32(23,31)36/h12,17,20-25,27-29,35-36H,6-11,13-16H2,1-5H3/t17-,20?,21+,22?,23?,24-,25+,27+,28+,29-,30+,31-,32+/m1/s1. The van der Waals surface area contributed by atoms with E-state index >= 15 is 0 Å². The van der Waals surface area contributed by atoms with Gasteiger partial charge in [0.05, 0.1) is 23.9 Å². The number of aliphatic hydroxyl groups is 2. The number of ether oxygens (including phenoxy) is 5. The second-order valence-corrected chi connectivity index (χ2v) is 14.3. The van der Waals surface area contributed by atoms with Crippen LogP contribution in [0.1, 0.15) is 85.5 Å². The summed E-state index contributed by atoms with van der Waals surface area (Å²) in [4.78, 5) is 24.2. The molecule has 9 heteroatoms. The SMILES string of the molecule is CO[C@@H]1C[C@H](O[C@H]2CC[C@@]3(C)C(CCC4C3CC[C@]3(C)[C@@H](C5=CC(=O)OC5)[C@@H](OC(C)=O)C[C@]43O)C2)O[C@H](C)[C@H]1O. The molecule has 230 valence electrons. The minimum atomic E-state index is -0.990. The molecular weight excluding hydrogens is 528 g/mol. The third-order valence-corrected chi connectivity index (χ3v) is 12.5. The van der Waals surface area contributed by atoms with Crippen molar-refractivity contribution in [2.24, 2.45) is 34.5 Å². The molecule has 2 N–H and O–H groups in total. The maximum atomic E-state index is 12.7. The lowest BCUT2D eigenvalue weighted by Gasteiger charge is -2.63. The monoisotopic (exact) mass is 576 g/mol. The molecule has 41 heavy (non-hydrogen) atoms. The predicted molar refractivity (Wildman–Crippen MR) is 147 cm³/mol. The number of hydrogen-bond donors (Lipinski definition) is 2. The molecule has 9 nitrogen and oxygen atoms in total. The number of methoxy groups -OCH3 is 1. The Kier molecular flexibility index (Phi) is 7.62. The topological polar surface area (TPSA) is 121 Å². The number of carbonyl (C=O) groups excluding carboxylic acids is 2. The van der Waals surface area contributed by atoms with Crippen LogP contribution in [0.5, 0.6) is 0 Å². The Hall–Kier alpha value is -1.52. The van der Waals surface area contributed by atoms with Crippen LogP contribution < -0.4 is 0 Å². The maximum Gasteiger partial charge on any atom is 0.331 e. The van der Waals surface area contributed by atoms with E-state index in [1.807, 2.05) is 6.92 Å². The van der Waals surface area contributed by atoms with Gasteiger partial charge in [-0.25, -0.2) is 4.79 Å². The molecule has 3 unspecified atom stereocenters. The Morgan fingerprint density at radius 1 is 1.07 bits per heavy atom. The van der Waals surface area contributed by atoms with Gasteiger partial charge in [0.25, 0.3) is 0 Å². The molecule has 1 saturated heterocycles. The highest BCUT2D eigenvalue weighted by molar-refractivity contribution is 5.85. The van der Waals surface area contributed by atoms with Gasteiger partial charge in [0.15, 0.2) is 6.29 Å². The molecule has 6 rings (SSSR count). The number of cyclic esters (lactones) is 1. The van der Waals surface area contributed by atoms with Gasteiger partial charge in [-0.3, -0.25) is 4.79 Å². The molecule has 0 spiro atoms. The molecule has 13 atom stereocenters. The van der Waals surface area contributed by atoms with Crippen LogP contribution in [0.4, 0.5) is 0 Å². The van der Waals surface area contributed by atoms with E-state index in [-0.39, 0.29) is 60.4 Å². The Morgan fingerprint density at radius 2 is 1.85 bits per heavy atom. The smallest absolute Gasteiger partial charge is 0.331 e. The summed E-state index contributed by atoms with van der Waals surface area (Å²) in [6.07, 6.45) is 7.14. The van der Waals surface area contributed by atoms with Crippen molar-refractivity contribution in [2.75, 3.05) is 13.7 Å². The molecule has 0 aromatic carbocycles. The number of hydrogen-bond acceptors (Lipinski definition) is 9. The summed E-state index contributed by atoms with van der Waals surface area (Å²) in [6, 6.07) is 0. The zero-order valence-electron chi connectivity index (χ0n) is 25.2. The first-order chi connectivity index (χ1) is 19.4. The number of fused-ring (bicyclic) bond motifs is 5. The molecule has 2 heterocycles. The van der Waals surface area contributed by atoms with Crippen LogP contribution in [-0.2, 0) is 33.3 Å². The van der Waals surface area contributed by atoms with Crippen LogP contribution in [0.15, 0.2) is 11.6 Å². The zero-order chi connectivity index (χ0) is 29.3. The minimum Gasteiger partial charge on any atom is -0.462 e. The first kappa shape index (κ1) is 29.5. The third kappa shape index (κ3) is 4.69. The van der Waals surface area contributed by atoms with Gasteiger partial charge in [0, 0.05) is 44.3 Å². The predicted octanol–water partition coefficient (Wildman–Crippen LogP) is 3.68. The van der Waals surface area contributed by atoms with Gasteiger partial charge >= 0.3 is 11.9 Å². The highest BCUT2D eigenvalue weighted by atomic mass is 16.7. The lowest BCUT2D eigenvalue weighted by Crippen LogP contribution is -2.62.